The monoisotopic (exact) mass is 353 g/mol. The number of nitrogens with one attached hydrogen (secondary N) is 1. The van der Waals surface area contributed by atoms with Crippen LogP contribution in [0.4, 0.5) is 13.2 Å². The van der Waals surface area contributed by atoms with E-state index in [1.807, 2.05) is 0 Å². The van der Waals surface area contributed by atoms with Gasteiger partial charge in [-0.2, -0.15) is 13.2 Å². The molecule has 0 saturated heterocycles. The molecule has 0 aliphatic heterocycles. The molecule has 1 amide bonds. The van der Waals surface area contributed by atoms with Crippen LogP contribution >= 0.6 is 15.9 Å². The summed E-state index contributed by atoms with van der Waals surface area (Å²) in [5.74, 6) is -0.0341. The summed E-state index contributed by atoms with van der Waals surface area (Å²) in [4.78, 5) is 11.6. The molecule has 1 aromatic rings. The van der Waals surface area contributed by atoms with Crippen LogP contribution < -0.4 is 10.1 Å². The van der Waals surface area contributed by atoms with E-state index in [1.54, 1.807) is 26.0 Å². The quantitative estimate of drug-likeness (QED) is 0.823. The van der Waals surface area contributed by atoms with Crippen molar-refractivity contribution < 1.29 is 22.7 Å². The van der Waals surface area contributed by atoms with Crippen molar-refractivity contribution in [2.75, 3.05) is 6.61 Å². The topological polar surface area (TPSA) is 38.3 Å². The Hall–Kier alpha value is -1.24. The van der Waals surface area contributed by atoms with Crippen LogP contribution in [-0.2, 0) is 11.3 Å². The highest BCUT2D eigenvalue weighted by Gasteiger charge is 2.28. The molecule has 0 unspecified atom stereocenters. The van der Waals surface area contributed by atoms with Crippen LogP contribution in [0.15, 0.2) is 24.3 Å². The van der Waals surface area contributed by atoms with Crippen molar-refractivity contribution in [1.82, 2.24) is 5.32 Å². The molecule has 0 heterocycles. The molecule has 0 aromatic heterocycles. The van der Waals surface area contributed by atoms with Crippen LogP contribution in [0.1, 0.15) is 19.4 Å². The van der Waals surface area contributed by atoms with E-state index in [1.165, 1.54) is 12.1 Å². The van der Waals surface area contributed by atoms with Gasteiger partial charge in [-0.1, -0.05) is 28.1 Å². The standard InChI is InChI=1S/C13H15BrF3NO2/c1-12(2,14)11(19)18-7-9-3-5-10(6-4-9)20-8-13(15,16)17/h3-6H,7-8H2,1-2H3,(H,18,19). The van der Waals surface area contributed by atoms with Gasteiger partial charge < -0.3 is 10.1 Å². The van der Waals surface area contributed by atoms with E-state index in [-0.39, 0.29) is 11.7 Å². The number of hydrogen-bond donors (Lipinski definition) is 1. The van der Waals surface area contributed by atoms with Crippen molar-refractivity contribution in [3.63, 3.8) is 0 Å². The first-order valence-corrected chi connectivity index (χ1v) is 6.63. The van der Waals surface area contributed by atoms with Crippen molar-refractivity contribution in [1.29, 1.82) is 0 Å². The highest BCUT2D eigenvalue weighted by molar-refractivity contribution is 9.10. The Morgan fingerprint density at radius 1 is 1.25 bits per heavy atom. The summed E-state index contributed by atoms with van der Waals surface area (Å²) < 4.78 is 39.8. The van der Waals surface area contributed by atoms with Gasteiger partial charge in [0.1, 0.15) is 5.75 Å². The summed E-state index contributed by atoms with van der Waals surface area (Å²) in [7, 11) is 0. The normalized spacial score (nSPS) is 12.1. The zero-order chi connectivity index (χ0) is 15.4. The number of benzene rings is 1. The maximum absolute atomic E-state index is 12.0. The van der Waals surface area contributed by atoms with E-state index >= 15 is 0 Å². The predicted molar refractivity (Wildman–Crippen MR) is 72.8 cm³/mol. The molecule has 0 atom stereocenters. The minimum absolute atomic E-state index is 0.137. The second-order valence-electron chi connectivity index (χ2n) is 4.70. The number of alkyl halides is 4. The predicted octanol–water partition coefficient (Wildman–Crippen LogP) is 3.42. The van der Waals surface area contributed by atoms with Crippen molar-refractivity contribution >= 4 is 21.8 Å². The van der Waals surface area contributed by atoms with E-state index in [9.17, 15) is 18.0 Å². The van der Waals surface area contributed by atoms with Gasteiger partial charge in [0.25, 0.3) is 0 Å². The van der Waals surface area contributed by atoms with Gasteiger partial charge in [-0.15, -0.1) is 0 Å². The molecule has 1 aromatic carbocycles. The lowest BCUT2D eigenvalue weighted by Gasteiger charge is -2.16. The lowest BCUT2D eigenvalue weighted by Crippen LogP contribution is -2.36. The molecule has 7 heteroatoms. The van der Waals surface area contributed by atoms with Crippen molar-refractivity contribution in [3.05, 3.63) is 29.8 Å². The van der Waals surface area contributed by atoms with Crippen molar-refractivity contribution in [2.24, 2.45) is 0 Å². The van der Waals surface area contributed by atoms with Gasteiger partial charge in [0.2, 0.25) is 5.91 Å². The molecular formula is C13H15BrF3NO2. The SMILES string of the molecule is CC(C)(Br)C(=O)NCc1ccc(OCC(F)(F)F)cc1. The largest absolute Gasteiger partial charge is 0.484 e. The summed E-state index contributed by atoms with van der Waals surface area (Å²) in [6.45, 7) is 2.42. The highest BCUT2D eigenvalue weighted by Crippen LogP contribution is 2.19. The van der Waals surface area contributed by atoms with Crippen molar-refractivity contribution in [3.8, 4) is 5.75 Å². The molecule has 0 aliphatic carbocycles. The van der Waals surface area contributed by atoms with Gasteiger partial charge in [0.05, 0.1) is 4.32 Å². The van der Waals surface area contributed by atoms with Crippen LogP contribution in [-0.4, -0.2) is 23.0 Å². The third-order valence-electron chi connectivity index (χ3n) is 2.32. The number of amides is 1. The third-order valence-corrected chi connectivity index (χ3v) is 2.68. The zero-order valence-corrected chi connectivity index (χ0v) is 12.6. The minimum Gasteiger partial charge on any atom is -0.484 e. The van der Waals surface area contributed by atoms with E-state index in [0.717, 1.165) is 5.56 Å². The first-order valence-electron chi connectivity index (χ1n) is 5.83. The molecule has 0 radical (unpaired) electrons. The van der Waals surface area contributed by atoms with E-state index in [0.29, 0.717) is 6.54 Å². The number of ether oxygens (including phenoxy) is 1. The van der Waals surface area contributed by atoms with Crippen LogP contribution in [0.5, 0.6) is 5.75 Å². The molecule has 112 valence electrons. The van der Waals surface area contributed by atoms with E-state index < -0.39 is 17.1 Å². The maximum Gasteiger partial charge on any atom is 0.422 e. The summed E-state index contributed by atoms with van der Waals surface area (Å²) >= 11 is 3.23. The Balaban J connectivity index is 2.49. The van der Waals surface area contributed by atoms with Gasteiger partial charge in [0, 0.05) is 6.54 Å². The number of halogens is 4. The van der Waals surface area contributed by atoms with E-state index in [2.05, 4.69) is 26.0 Å². The molecule has 20 heavy (non-hydrogen) atoms. The lowest BCUT2D eigenvalue weighted by molar-refractivity contribution is -0.153. The number of carbonyl (C=O) groups is 1. The third kappa shape index (κ3) is 6.27. The molecule has 1 rings (SSSR count). The van der Waals surface area contributed by atoms with Gasteiger partial charge in [-0.3, -0.25) is 4.79 Å². The average molecular weight is 354 g/mol. The van der Waals surface area contributed by atoms with Gasteiger partial charge in [0.15, 0.2) is 6.61 Å². The smallest absolute Gasteiger partial charge is 0.422 e. The van der Waals surface area contributed by atoms with E-state index in [4.69, 9.17) is 0 Å². The molecule has 0 saturated carbocycles. The van der Waals surface area contributed by atoms with Crippen molar-refractivity contribution in [2.45, 2.75) is 30.9 Å². The summed E-state index contributed by atoms with van der Waals surface area (Å²) in [6, 6.07) is 6.08. The van der Waals surface area contributed by atoms with Gasteiger partial charge in [-0.25, -0.2) is 0 Å². The highest BCUT2D eigenvalue weighted by atomic mass is 79.9. The fourth-order valence-corrected chi connectivity index (χ4v) is 1.40. The van der Waals surface area contributed by atoms with Gasteiger partial charge in [-0.05, 0) is 31.5 Å². The Morgan fingerprint density at radius 3 is 2.25 bits per heavy atom. The zero-order valence-electron chi connectivity index (χ0n) is 11.1. The Kier molecular flexibility index (Phi) is 5.44. The van der Waals surface area contributed by atoms with Crippen LogP contribution in [0, 0.1) is 0 Å². The molecule has 1 N–H and O–H groups in total. The Labute approximate surface area is 123 Å². The summed E-state index contributed by atoms with van der Waals surface area (Å²) in [6.07, 6.45) is -4.35. The molecular weight excluding hydrogens is 339 g/mol. The summed E-state index contributed by atoms with van der Waals surface area (Å²) in [5.41, 5.74) is 0.773. The number of carbonyl (C=O) groups excluding carboxylic acids is 1. The molecule has 3 nitrogen and oxygen atoms in total. The first kappa shape index (κ1) is 16.8. The van der Waals surface area contributed by atoms with Crippen LogP contribution in [0.3, 0.4) is 0 Å². The van der Waals surface area contributed by atoms with Gasteiger partial charge >= 0.3 is 6.18 Å². The number of hydrogen-bond acceptors (Lipinski definition) is 2. The lowest BCUT2D eigenvalue weighted by atomic mass is 10.2. The van der Waals surface area contributed by atoms with Crippen LogP contribution in [0.25, 0.3) is 0 Å². The minimum atomic E-state index is -4.35. The fourth-order valence-electron chi connectivity index (χ4n) is 1.26. The number of rotatable bonds is 5. The molecule has 0 aliphatic rings. The molecule has 0 spiro atoms. The Morgan fingerprint density at radius 2 is 1.80 bits per heavy atom. The molecule has 0 fully saturated rings. The maximum atomic E-state index is 12.0. The fraction of sp³-hybridized carbons (Fsp3) is 0.462. The average Bonchev–Trinajstić information content (AvgIpc) is 2.32. The Bertz CT molecular complexity index is 452. The second-order valence-corrected chi connectivity index (χ2v) is 6.69. The summed E-state index contributed by atoms with van der Waals surface area (Å²) in [5, 5.41) is 2.71. The van der Waals surface area contributed by atoms with Crippen LogP contribution in [0.2, 0.25) is 0 Å². The first-order chi connectivity index (χ1) is 9.08. The molecule has 0 bridgehead atoms. The second kappa shape index (κ2) is 6.47.